The molecule has 1 N–H and O–H groups in total. The summed E-state index contributed by atoms with van der Waals surface area (Å²) in [5.74, 6) is 1.08. The molecule has 0 bridgehead atoms. The summed E-state index contributed by atoms with van der Waals surface area (Å²) in [7, 11) is 0. The van der Waals surface area contributed by atoms with Gasteiger partial charge in [0, 0.05) is 6.04 Å². The molecule has 23 heavy (non-hydrogen) atoms. The van der Waals surface area contributed by atoms with Crippen LogP contribution in [0.1, 0.15) is 62.0 Å². The van der Waals surface area contributed by atoms with Gasteiger partial charge in [-0.1, -0.05) is 25.0 Å². The summed E-state index contributed by atoms with van der Waals surface area (Å²) in [6.07, 6.45) is 6.47. The lowest BCUT2D eigenvalue weighted by Crippen LogP contribution is -2.39. The van der Waals surface area contributed by atoms with E-state index in [1.165, 1.54) is 37.8 Å². The Morgan fingerprint density at radius 1 is 1.00 bits per heavy atom. The van der Waals surface area contributed by atoms with Crippen LogP contribution in [0.5, 0.6) is 0 Å². The molecule has 1 aromatic carbocycles. The second-order valence-corrected chi connectivity index (χ2v) is 6.99. The van der Waals surface area contributed by atoms with E-state index in [-0.39, 0.29) is 0 Å². The predicted molar refractivity (Wildman–Crippen MR) is 86.1 cm³/mol. The maximum absolute atomic E-state index is 12.7. The fourth-order valence-corrected chi connectivity index (χ4v) is 4.02. The standard InChI is InChI=1S/C19H25F3N/c20-19(21,22)16-11-9-15(10-12-16)17-7-3-4-8-18(17)23-13-14-5-1-2-6-14/h3,9-12,14,17-18,23H,1-2,4-8,13H2/t17-,18+/m0/s1. The van der Waals surface area contributed by atoms with Crippen LogP contribution < -0.4 is 5.32 Å². The van der Waals surface area contributed by atoms with E-state index >= 15 is 0 Å². The number of halogens is 3. The predicted octanol–water partition coefficient (Wildman–Crippen LogP) is 5.33. The third-order valence-electron chi connectivity index (χ3n) is 5.40. The Kier molecular flexibility index (Phi) is 5.30. The average Bonchev–Trinajstić information content (AvgIpc) is 3.06. The summed E-state index contributed by atoms with van der Waals surface area (Å²) in [4.78, 5) is 0. The molecule has 4 heteroatoms. The van der Waals surface area contributed by atoms with E-state index in [1.807, 2.05) is 0 Å². The molecular formula is C19H25F3N. The summed E-state index contributed by atoms with van der Waals surface area (Å²) < 4.78 is 38.1. The van der Waals surface area contributed by atoms with Gasteiger partial charge >= 0.3 is 6.18 Å². The van der Waals surface area contributed by atoms with Gasteiger partial charge in [0.25, 0.3) is 0 Å². The first kappa shape index (κ1) is 16.8. The molecule has 0 aromatic heterocycles. The van der Waals surface area contributed by atoms with Gasteiger partial charge in [0.15, 0.2) is 0 Å². The first-order valence-electron chi connectivity index (χ1n) is 8.76. The Morgan fingerprint density at radius 2 is 1.70 bits per heavy atom. The molecule has 0 aliphatic heterocycles. The van der Waals surface area contributed by atoms with Crippen LogP contribution in [0, 0.1) is 12.3 Å². The minimum absolute atomic E-state index is 0.299. The second kappa shape index (κ2) is 7.25. The zero-order valence-electron chi connectivity index (χ0n) is 13.4. The molecular weight excluding hydrogens is 299 g/mol. The van der Waals surface area contributed by atoms with Crippen molar-refractivity contribution in [1.29, 1.82) is 0 Å². The first-order valence-corrected chi connectivity index (χ1v) is 8.76. The van der Waals surface area contributed by atoms with Crippen LogP contribution in [0.2, 0.25) is 0 Å². The Labute approximate surface area is 136 Å². The molecule has 127 valence electrons. The molecule has 0 amide bonds. The van der Waals surface area contributed by atoms with E-state index in [1.54, 1.807) is 12.1 Å². The Morgan fingerprint density at radius 3 is 2.35 bits per heavy atom. The van der Waals surface area contributed by atoms with Crippen LogP contribution in [0.3, 0.4) is 0 Å². The van der Waals surface area contributed by atoms with Gasteiger partial charge < -0.3 is 5.32 Å². The van der Waals surface area contributed by atoms with E-state index in [0.29, 0.717) is 12.0 Å². The van der Waals surface area contributed by atoms with Crippen LogP contribution in [-0.2, 0) is 6.18 Å². The van der Waals surface area contributed by atoms with E-state index < -0.39 is 11.7 Å². The van der Waals surface area contributed by atoms with E-state index in [2.05, 4.69) is 11.7 Å². The van der Waals surface area contributed by atoms with Crippen molar-refractivity contribution in [3.05, 3.63) is 41.8 Å². The van der Waals surface area contributed by atoms with Crippen molar-refractivity contribution in [1.82, 2.24) is 5.32 Å². The summed E-state index contributed by atoms with van der Waals surface area (Å²) in [5, 5.41) is 3.71. The molecule has 1 radical (unpaired) electrons. The fourth-order valence-electron chi connectivity index (χ4n) is 4.02. The molecule has 2 fully saturated rings. The van der Waals surface area contributed by atoms with Crippen molar-refractivity contribution in [3.8, 4) is 0 Å². The van der Waals surface area contributed by atoms with Crippen molar-refractivity contribution in [2.75, 3.05) is 6.54 Å². The Hall–Kier alpha value is -1.03. The van der Waals surface area contributed by atoms with Crippen LogP contribution >= 0.6 is 0 Å². The number of rotatable bonds is 4. The molecule has 0 saturated heterocycles. The van der Waals surface area contributed by atoms with Crippen molar-refractivity contribution in [3.63, 3.8) is 0 Å². The fraction of sp³-hybridized carbons (Fsp3) is 0.632. The van der Waals surface area contributed by atoms with Crippen molar-refractivity contribution < 1.29 is 13.2 Å². The van der Waals surface area contributed by atoms with Gasteiger partial charge in [-0.2, -0.15) is 13.2 Å². The van der Waals surface area contributed by atoms with Gasteiger partial charge in [-0.05, 0) is 74.6 Å². The molecule has 2 atom stereocenters. The molecule has 2 aliphatic rings. The number of benzene rings is 1. The number of hydrogen-bond donors (Lipinski definition) is 1. The van der Waals surface area contributed by atoms with Crippen LogP contribution in [0.4, 0.5) is 13.2 Å². The van der Waals surface area contributed by atoms with E-state index in [4.69, 9.17) is 0 Å². The molecule has 2 aliphatic carbocycles. The lowest BCUT2D eigenvalue weighted by atomic mass is 9.79. The quantitative estimate of drug-likeness (QED) is 0.790. The molecule has 0 spiro atoms. The van der Waals surface area contributed by atoms with Gasteiger partial charge in [-0.3, -0.25) is 0 Å². The topological polar surface area (TPSA) is 12.0 Å². The zero-order chi connectivity index (χ0) is 16.3. The van der Waals surface area contributed by atoms with Crippen molar-refractivity contribution in [2.45, 2.75) is 63.1 Å². The molecule has 3 rings (SSSR count). The Bertz CT molecular complexity index is 488. The first-order chi connectivity index (χ1) is 11.0. The SMILES string of the molecule is FC(F)(F)c1ccc([C@@H]2C[CH]CC[C@H]2NCC2CCCC2)cc1. The highest BCUT2D eigenvalue weighted by atomic mass is 19.4. The van der Waals surface area contributed by atoms with Crippen LogP contribution in [0.25, 0.3) is 0 Å². The maximum atomic E-state index is 12.7. The average molecular weight is 324 g/mol. The summed E-state index contributed by atoms with van der Waals surface area (Å²) >= 11 is 0. The third-order valence-corrected chi connectivity index (χ3v) is 5.40. The molecule has 1 aromatic rings. The molecule has 2 saturated carbocycles. The highest BCUT2D eigenvalue weighted by Crippen LogP contribution is 2.35. The number of hydrogen-bond acceptors (Lipinski definition) is 1. The normalized spacial score (nSPS) is 26.6. The van der Waals surface area contributed by atoms with Gasteiger partial charge in [-0.25, -0.2) is 0 Å². The van der Waals surface area contributed by atoms with Crippen molar-refractivity contribution >= 4 is 0 Å². The van der Waals surface area contributed by atoms with Crippen LogP contribution in [0.15, 0.2) is 24.3 Å². The highest BCUT2D eigenvalue weighted by molar-refractivity contribution is 5.29. The van der Waals surface area contributed by atoms with Crippen LogP contribution in [-0.4, -0.2) is 12.6 Å². The van der Waals surface area contributed by atoms with E-state index in [9.17, 15) is 13.2 Å². The maximum Gasteiger partial charge on any atom is 0.416 e. The zero-order valence-corrected chi connectivity index (χ0v) is 13.4. The highest BCUT2D eigenvalue weighted by Gasteiger charge is 2.31. The minimum atomic E-state index is -4.25. The third kappa shape index (κ3) is 4.28. The van der Waals surface area contributed by atoms with Gasteiger partial charge in [0.05, 0.1) is 5.56 Å². The summed E-state index contributed by atoms with van der Waals surface area (Å²) in [6, 6.07) is 6.15. The largest absolute Gasteiger partial charge is 0.416 e. The van der Waals surface area contributed by atoms with E-state index in [0.717, 1.165) is 37.3 Å². The van der Waals surface area contributed by atoms with Gasteiger partial charge in [0.1, 0.15) is 0 Å². The number of nitrogens with one attached hydrogen (secondary N) is 1. The minimum Gasteiger partial charge on any atom is -0.313 e. The summed E-state index contributed by atoms with van der Waals surface area (Å²) in [6.45, 7) is 1.06. The van der Waals surface area contributed by atoms with Gasteiger partial charge in [-0.15, -0.1) is 0 Å². The monoisotopic (exact) mass is 324 g/mol. The molecule has 0 heterocycles. The lowest BCUT2D eigenvalue weighted by Gasteiger charge is -2.33. The number of alkyl halides is 3. The smallest absolute Gasteiger partial charge is 0.313 e. The van der Waals surface area contributed by atoms with Gasteiger partial charge in [0.2, 0.25) is 0 Å². The van der Waals surface area contributed by atoms with Crippen molar-refractivity contribution in [2.24, 2.45) is 5.92 Å². The molecule has 0 unspecified atom stereocenters. The summed E-state index contributed by atoms with van der Waals surface area (Å²) in [5.41, 5.74) is 0.467. The lowest BCUT2D eigenvalue weighted by molar-refractivity contribution is -0.137. The second-order valence-electron chi connectivity index (χ2n) is 6.99. The Balaban J connectivity index is 1.65. The molecule has 1 nitrogen and oxygen atoms in total.